The monoisotopic (exact) mass is 1070 g/mol. The molecule has 0 bridgehead atoms. The Labute approximate surface area is 460 Å². The zero-order chi connectivity index (χ0) is 55.8. The molecule has 0 fully saturated rings. The molecular weight excluding hydrogens is 1020 g/mol. The van der Waals surface area contributed by atoms with E-state index in [4.69, 9.17) is 9.72 Å². The molecular formula is C68H53F6N5O. The maximum Gasteiger partial charge on any atom is 0.137 e. The minimum absolute atomic E-state index is 0.00388. The van der Waals surface area contributed by atoms with Gasteiger partial charge in [-0.1, -0.05) is 108 Å². The average molecular weight is 1070 g/mol. The van der Waals surface area contributed by atoms with Gasteiger partial charge in [-0.2, -0.15) is 0 Å². The van der Waals surface area contributed by atoms with E-state index in [0.717, 1.165) is 44.6 Å². The second-order valence-electron chi connectivity index (χ2n) is 22.1. The number of para-hydroxylation sites is 5. The molecule has 6 nitrogen and oxygen atoms in total. The molecule has 398 valence electrons. The smallest absolute Gasteiger partial charge is 0.137 e. The molecule has 1 aliphatic rings. The molecule has 9 aromatic carbocycles. The molecule has 2 aromatic heterocycles. The molecule has 0 saturated carbocycles. The van der Waals surface area contributed by atoms with Gasteiger partial charge in [-0.15, -0.1) is 0 Å². The van der Waals surface area contributed by atoms with Crippen LogP contribution in [0.4, 0.5) is 66.2 Å². The van der Waals surface area contributed by atoms with Gasteiger partial charge in [0, 0.05) is 87.6 Å². The van der Waals surface area contributed by atoms with Crippen molar-refractivity contribution in [2.24, 2.45) is 0 Å². The Bertz CT molecular complexity index is 4040. The summed E-state index contributed by atoms with van der Waals surface area (Å²) in [7, 11) is 0. The standard InChI is InChI=1S/C68H53F6N5O/c1-67(2,3)41-27-28-75-63(31-41)79-59-22-14-13-21-51(59)52-26-25-49(39-62(52)79)80-50-37-47(36-48(38-50)78(45-17-9-7-10-18-45)46-19-11-8-12-20-46)76-40-77(61-24-16-15-23-60(61)76)66-53(64-55(71)32-43(69)33-56(64)72)29-42(68(4,5)6)30-54(66)65-57(73)34-44(70)35-58(65)74/h7-39H,40H2,1-6H3. The lowest BCUT2D eigenvalue weighted by Gasteiger charge is -2.31. The number of nitrogens with zero attached hydrogens (tertiary/aromatic N) is 5. The summed E-state index contributed by atoms with van der Waals surface area (Å²) in [6.45, 7) is 12.0. The number of pyridine rings is 1. The van der Waals surface area contributed by atoms with E-state index in [-0.39, 0.29) is 28.9 Å². The first-order valence-electron chi connectivity index (χ1n) is 26.3. The summed E-state index contributed by atoms with van der Waals surface area (Å²) >= 11 is 0. The summed E-state index contributed by atoms with van der Waals surface area (Å²) in [5.74, 6) is -5.46. The van der Waals surface area contributed by atoms with Gasteiger partial charge in [0.2, 0.25) is 0 Å². The summed E-state index contributed by atoms with van der Waals surface area (Å²) < 4.78 is 105. The fourth-order valence-corrected chi connectivity index (χ4v) is 10.9. The van der Waals surface area contributed by atoms with Crippen LogP contribution in [0, 0.1) is 34.9 Å². The highest BCUT2D eigenvalue weighted by Crippen LogP contribution is 2.54. The maximum absolute atomic E-state index is 16.5. The number of benzene rings is 9. The van der Waals surface area contributed by atoms with Crippen LogP contribution < -0.4 is 19.4 Å². The lowest BCUT2D eigenvalue weighted by molar-refractivity contribution is 0.483. The third-order valence-electron chi connectivity index (χ3n) is 14.7. The highest BCUT2D eigenvalue weighted by molar-refractivity contribution is 6.09. The topological polar surface area (TPSA) is 36.8 Å². The molecule has 0 saturated heterocycles. The first kappa shape index (κ1) is 51.5. The highest BCUT2D eigenvalue weighted by Gasteiger charge is 2.36. The van der Waals surface area contributed by atoms with Crippen LogP contribution in [0.1, 0.15) is 52.7 Å². The van der Waals surface area contributed by atoms with Crippen molar-refractivity contribution in [1.29, 1.82) is 0 Å². The predicted molar refractivity (Wildman–Crippen MR) is 310 cm³/mol. The SMILES string of the molecule is CC(C)(C)c1ccnc(-n2c3ccccc3c3ccc(Oc4cc(N5CN(c6c(-c7c(F)cc(F)cc7F)cc(C(C)(C)C)cc6-c6c(F)cc(F)cc6F)c6ccccc65)cc(N(c5ccccc5)c5ccccc5)c4)cc32)c1. The number of fused-ring (bicyclic) bond motifs is 4. The van der Waals surface area contributed by atoms with Crippen molar-refractivity contribution in [1.82, 2.24) is 9.55 Å². The zero-order valence-electron chi connectivity index (χ0n) is 44.7. The van der Waals surface area contributed by atoms with E-state index in [9.17, 15) is 8.78 Å². The van der Waals surface area contributed by atoms with Crippen molar-refractivity contribution in [3.05, 3.63) is 246 Å². The van der Waals surface area contributed by atoms with Crippen LogP contribution in [0.3, 0.4) is 0 Å². The summed E-state index contributed by atoms with van der Waals surface area (Å²) in [6.07, 6.45) is 1.84. The van der Waals surface area contributed by atoms with Crippen LogP contribution in [-0.4, -0.2) is 16.2 Å². The Morgan fingerprint density at radius 2 is 0.975 bits per heavy atom. The summed E-state index contributed by atoms with van der Waals surface area (Å²) in [6, 6.07) is 56.8. The number of anilines is 7. The number of rotatable bonds is 10. The fraction of sp³-hybridized carbons (Fsp3) is 0.132. The van der Waals surface area contributed by atoms with Crippen molar-refractivity contribution in [2.45, 2.75) is 52.4 Å². The summed E-state index contributed by atoms with van der Waals surface area (Å²) in [5.41, 5.74) is 5.25. The van der Waals surface area contributed by atoms with Gasteiger partial charge in [-0.25, -0.2) is 31.3 Å². The van der Waals surface area contributed by atoms with E-state index in [1.807, 2.05) is 153 Å². The Balaban J connectivity index is 1.07. The predicted octanol–water partition coefficient (Wildman–Crippen LogP) is 19.5. The molecule has 1 aliphatic heterocycles. The average Bonchev–Trinajstić information content (AvgIpc) is 4.15. The second kappa shape index (κ2) is 19.9. The lowest BCUT2D eigenvalue weighted by Crippen LogP contribution is -2.26. The third kappa shape index (κ3) is 9.33. The van der Waals surface area contributed by atoms with E-state index >= 15 is 17.6 Å². The molecule has 3 heterocycles. The highest BCUT2D eigenvalue weighted by atomic mass is 19.2. The third-order valence-corrected chi connectivity index (χ3v) is 14.7. The van der Waals surface area contributed by atoms with Crippen LogP contribution in [0.5, 0.6) is 11.5 Å². The Morgan fingerprint density at radius 3 is 1.55 bits per heavy atom. The molecule has 12 rings (SSSR count). The van der Waals surface area contributed by atoms with E-state index in [1.165, 1.54) is 0 Å². The zero-order valence-corrected chi connectivity index (χ0v) is 44.7. The van der Waals surface area contributed by atoms with Crippen molar-refractivity contribution in [2.75, 3.05) is 21.4 Å². The fourth-order valence-electron chi connectivity index (χ4n) is 10.9. The quantitative estimate of drug-likeness (QED) is 0.128. The molecule has 0 amide bonds. The van der Waals surface area contributed by atoms with Gasteiger partial charge in [0.15, 0.2) is 0 Å². The minimum atomic E-state index is -1.23. The molecule has 11 aromatic rings. The van der Waals surface area contributed by atoms with Crippen LogP contribution in [0.25, 0.3) is 49.9 Å². The maximum atomic E-state index is 16.5. The van der Waals surface area contributed by atoms with Gasteiger partial charge in [0.05, 0.1) is 44.9 Å². The molecule has 80 heavy (non-hydrogen) atoms. The number of hydrogen-bond acceptors (Lipinski definition) is 5. The van der Waals surface area contributed by atoms with Gasteiger partial charge < -0.3 is 19.4 Å². The molecule has 0 spiro atoms. The van der Waals surface area contributed by atoms with Crippen molar-refractivity contribution < 1.29 is 31.1 Å². The Hall–Kier alpha value is -9.29. The van der Waals surface area contributed by atoms with Crippen LogP contribution >= 0.6 is 0 Å². The van der Waals surface area contributed by atoms with E-state index in [2.05, 4.69) is 54.5 Å². The Kier molecular flexibility index (Phi) is 12.8. The molecule has 0 atom stereocenters. The largest absolute Gasteiger partial charge is 0.457 e. The minimum Gasteiger partial charge on any atom is -0.457 e. The summed E-state index contributed by atoms with van der Waals surface area (Å²) in [5, 5.41) is 2.06. The molecule has 0 N–H and O–H groups in total. The first-order valence-corrected chi connectivity index (χ1v) is 26.3. The number of ether oxygens (including phenoxy) is 1. The van der Waals surface area contributed by atoms with Gasteiger partial charge in [0.25, 0.3) is 0 Å². The van der Waals surface area contributed by atoms with E-state index in [1.54, 1.807) is 29.2 Å². The van der Waals surface area contributed by atoms with E-state index < -0.39 is 51.4 Å². The molecule has 0 radical (unpaired) electrons. The van der Waals surface area contributed by atoms with Gasteiger partial charge in [-0.05, 0) is 107 Å². The summed E-state index contributed by atoms with van der Waals surface area (Å²) in [4.78, 5) is 10.7. The van der Waals surface area contributed by atoms with Crippen molar-refractivity contribution in [3.63, 3.8) is 0 Å². The van der Waals surface area contributed by atoms with E-state index in [0.29, 0.717) is 64.1 Å². The molecule has 12 heteroatoms. The van der Waals surface area contributed by atoms with Crippen LogP contribution in [-0.2, 0) is 10.8 Å². The molecule has 0 aliphatic carbocycles. The van der Waals surface area contributed by atoms with Crippen molar-refractivity contribution >= 4 is 61.6 Å². The lowest BCUT2D eigenvalue weighted by atomic mass is 9.81. The van der Waals surface area contributed by atoms with Crippen LogP contribution in [0.2, 0.25) is 0 Å². The van der Waals surface area contributed by atoms with Crippen LogP contribution in [0.15, 0.2) is 200 Å². The van der Waals surface area contributed by atoms with Gasteiger partial charge in [-0.3, -0.25) is 4.57 Å². The van der Waals surface area contributed by atoms with Gasteiger partial charge in [0.1, 0.15) is 58.9 Å². The Morgan fingerprint density at radius 1 is 0.450 bits per heavy atom. The number of aromatic nitrogens is 2. The number of halogens is 6. The van der Waals surface area contributed by atoms with Gasteiger partial charge >= 0.3 is 0 Å². The normalized spacial score (nSPS) is 12.7. The van der Waals surface area contributed by atoms with Crippen molar-refractivity contribution in [3.8, 4) is 39.6 Å². The molecule has 0 unspecified atom stereocenters. The number of hydrogen-bond donors (Lipinski definition) is 0. The second-order valence-corrected chi connectivity index (χ2v) is 22.1. The first-order chi connectivity index (χ1) is 38.4.